The normalized spacial score (nSPS) is 16.6. The third-order valence-electron chi connectivity index (χ3n) is 5.95. The van der Waals surface area contributed by atoms with Gasteiger partial charge in [-0.25, -0.2) is 8.42 Å². The number of nitrogens with one attached hydrogen (secondary N) is 1. The van der Waals surface area contributed by atoms with Gasteiger partial charge in [0.05, 0.1) is 10.9 Å². The maximum atomic E-state index is 13.1. The van der Waals surface area contributed by atoms with Gasteiger partial charge < -0.3 is 5.32 Å². The Balaban J connectivity index is 1.80. The van der Waals surface area contributed by atoms with Crippen molar-refractivity contribution in [1.82, 2.24) is 9.62 Å². The Bertz CT molecular complexity index is 993. The van der Waals surface area contributed by atoms with E-state index < -0.39 is 10.0 Å². The molecular formula is C24H32N2O3S. The fourth-order valence-corrected chi connectivity index (χ4v) is 5.44. The molecule has 1 saturated heterocycles. The highest BCUT2D eigenvalue weighted by Gasteiger charge is 2.26. The molecule has 2 aromatic rings. The number of carbonyl (C=O) groups is 1. The zero-order valence-corrected chi connectivity index (χ0v) is 19.0. The van der Waals surface area contributed by atoms with Crippen LogP contribution in [-0.4, -0.2) is 31.7 Å². The molecule has 1 atom stereocenters. The first kappa shape index (κ1) is 22.5. The molecule has 3 rings (SSSR count). The summed E-state index contributed by atoms with van der Waals surface area (Å²) in [4.78, 5) is 13.1. The molecule has 2 aromatic carbocycles. The molecule has 30 heavy (non-hydrogen) atoms. The highest BCUT2D eigenvalue weighted by atomic mass is 32.2. The van der Waals surface area contributed by atoms with Crippen LogP contribution >= 0.6 is 0 Å². The molecule has 162 valence electrons. The number of carbonyl (C=O) groups excluding carboxylic acids is 1. The average molecular weight is 429 g/mol. The number of nitrogens with zero attached hydrogens (tertiary/aromatic N) is 1. The molecule has 0 aliphatic carbocycles. The van der Waals surface area contributed by atoms with Crippen molar-refractivity contribution in [2.24, 2.45) is 0 Å². The van der Waals surface area contributed by atoms with Gasteiger partial charge in [0, 0.05) is 18.7 Å². The van der Waals surface area contributed by atoms with Crippen molar-refractivity contribution in [2.45, 2.75) is 63.8 Å². The fraction of sp³-hybridized carbons (Fsp3) is 0.458. The molecule has 1 aliphatic rings. The lowest BCUT2D eigenvalue weighted by Crippen LogP contribution is -2.32. The molecule has 1 aliphatic heterocycles. The van der Waals surface area contributed by atoms with Crippen LogP contribution in [0.1, 0.15) is 72.1 Å². The van der Waals surface area contributed by atoms with Crippen molar-refractivity contribution in [3.05, 3.63) is 64.7 Å². The minimum Gasteiger partial charge on any atom is -0.345 e. The van der Waals surface area contributed by atoms with Crippen LogP contribution in [-0.2, 0) is 10.0 Å². The van der Waals surface area contributed by atoms with Gasteiger partial charge in [0.15, 0.2) is 0 Å². The maximum Gasteiger partial charge on any atom is 0.251 e. The number of aryl methyl sites for hydroxylation is 2. The summed E-state index contributed by atoms with van der Waals surface area (Å²) in [5.41, 5.74) is 3.83. The quantitative estimate of drug-likeness (QED) is 0.722. The Morgan fingerprint density at radius 2 is 1.70 bits per heavy atom. The predicted octanol–water partition coefficient (Wildman–Crippen LogP) is 4.75. The molecule has 0 bridgehead atoms. The zero-order chi connectivity index (χ0) is 21.7. The molecule has 0 saturated carbocycles. The average Bonchev–Trinajstić information content (AvgIpc) is 3.04. The van der Waals surface area contributed by atoms with E-state index in [-0.39, 0.29) is 16.8 Å². The van der Waals surface area contributed by atoms with Gasteiger partial charge in [-0.15, -0.1) is 0 Å². The molecule has 1 N–H and O–H groups in total. The molecule has 5 nitrogen and oxygen atoms in total. The largest absolute Gasteiger partial charge is 0.345 e. The maximum absolute atomic E-state index is 13.1. The van der Waals surface area contributed by atoms with E-state index in [1.807, 2.05) is 13.0 Å². The second kappa shape index (κ2) is 9.75. The van der Waals surface area contributed by atoms with Crippen molar-refractivity contribution in [3.63, 3.8) is 0 Å². The number of hydrogen-bond donors (Lipinski definition) is 1. The van der Waals surface area contributed by atoms with Gasteiger partial charge >= 0.3 is 0 Å². The summed E-state index contributed by atoms with van der Waals surface area (Å²) >= 11 is 0. The number of rotatable bonds is 6. The molecule has 1 amide bonds. The SMILES string of the molecule is CCC(NC(=O)c1cccc(S(=O)(=O)N2CCCCCC2)c1)c1ccc(C)c(C)c1. The van der Waals surface area contributed by atoms with Crippen molar-refractivity contribution < 1.29 is 13.2 Å². The second-order valence-electron chi connectivity index (χ2n) is 8.12. The van der Waals surface area contributed by atoms with Gasteiger partial charge in [-0.3, -0.25) is 4.79 Å². The van der Waals surface area contributed by atoms with Crippen LogP contribution in [0.5, 0.6) is 0 Å². The van der Waals surface area contributed by atoms with E-state index in [4.69, 9.17) is 0 Å². The standard InChI is InChI=1S/C24H32N2O3S/c1-4-23(20-13-12-18(2)19(3)16-20)25-24(27)21-10-9-11-22(17-21)30(28,29)26-14-7-5-6-8-15-26/h9-13,16-17,23H,4-8,14-15H2,1-3H3,(H,25,27). The molecule has 1 unspecified atom stereocenters. The summed E-state index contributed by atoms with van der Waals surface area (Å²) in [5.74, 6) is -0.256. The van der Waals surface area contributed by atoms with Gasteiger partial charge in [-0.1, -0.05) is 44.0 Å². The van der Waals surface area contributed by atoms with E-state index in [0.29, 0.717) is 18.7 Å². The lowest BCUT2D eigenvalue weighted by atomic mass is 9.99. The summed E-state index contributed by atoms with van der Waals surface area (Å²) in [6, 6.07) is 12.5. The lowest BCUT2D eigenvalue weighted by molar-refractivity contribution is 0.0935. The minimum absolute atomic E-state index is 0.123. The van der Waals surface area contributed by atoms with Crippen LogP contribution in [0.25, 0.3) is 0 Å². The molecule has 0 radical (unpaired) electrons. The van der Waals surface area contributed by atoms with E-state index in [0.717, 1.165) is 37.7 Å². The monoisotopic (exact) mass is 428 g/mol. The molecule has 1 fully saturated rings. The van der Waals surface area contributed by atoms with E-state index in [1.165, 1.54) is 17.2 Å². The first-order chi connectivity index (χ1) is 14.3. The Hall–Kier alpha value is -2.18. The van der Waals surface area contributed by atoms with Crippen LogP contribution < -0.4 is 5.32 Å². The number of sulfonamides is 1. The molecule has 1 heterocycles. The first-order valence-electron chi connectivity index (χ1n) is 10.8. The van der Waals surface area contributed by atoms with Crippen molar-refractivity contribution in [1.29, 1.82) is 0 Å². The summed E-state index contributed by atoms with van der Waals surface area (Å²) in [5, 5.41) is 3.07. The van der Waals surface area contributed by atoms with Crippen molar-refractivity contribution in [2.75, 3.05) is 13.1 Å². The Labute approximate surface area is 180 Å². The number of hydrogen-bond acceptors (Lipinski definition) is 3. The van der Waals surface area contributed by atoms with Gasteiger partial charge in [0.25, 0.3) is 5.91 Å². The van der Waals surface area contributed by atoms with E-state index >= 15 is 0 Å². The summed E-state index contributed by atoms with van der Waals surface area (Å²) in [6.07, 6.45) is 4.64. The van der Waals surface area contributed by atoms with Crippen LogP contribution in [0.3, 0.4) is 0 Å². The highest BCUT2D eigenvalue weighted by Crippen LogP contribution is 2.23. The van der Waals surface area contributed by atoms with Crippen molar-refractivity contribution in [3.8, 4) is 0 Å². The fourth-order valence-electron chi connectivity index (χ4n) is 3.87. The molecular weight excluding hydrogens is 396 g/mol. The minimum atomic E-state index is -3.58. The van der Waals surface area contributed by atoms with E-state index in [9.17, 15) is 13.2 Å². The van der Waals surface area contributed by atoms with Crippen molar-refractivity contribution >= 4 is 15.9 Å². The van der Waals surface area contributed by atoms with Gasteiger partial charge in [-0.05, 0) is 68.0 Å². The smallest absolute Gasteiger partial charge is 0.251 e. The number of benzene rings is 2. The predicted molar refractivity (Wildman–Crippen MR) is 120 cm³/mol. The van der Waals surface area contributed by atoms with Gasteiger partial charge in [-0.2, -0.15) is 4.31 Å². The summed E-state index contributed by atoms with van der Waals surface area (Å²) in [6.45, 7) is 7.24. The van der Waals surface area contributed by atoms with Crippen LogP contribution in [0.15, 0.2) is 47.4 Å². The number of amides is 1. The van der Waals surface area contributed by atoms with Crippen LogP contribution in [0.2, 0.25) is 0 Å². The lowest BCUT2D eigenvalue weighted by Gasteiger charge is -2.21. The molecule has 0 spiro atoms. The Kier molecular flexibility index (Phi) is 7.32. The topological polar surface area (TPSA) is 66.5 Å². The van der Waals surface area contributed by atoms with Gasteiger partial charge in [0.2, 0.25) is 10.0 Å². The third-order valence-corrected chi connectivity index (χ3v) is 7.84. The zero-order valence-electron chi connectivity index (χ0n) is 18.1. The van der Waals surface area contributed by atoms with Gasteiger partial charge in [0.1, 0.15) is 0 Å². The van der Waals surface area contributed by atoms with Crippen LogP contribution in [0.4, 0.5) is 0 Å². The first-order valence-corrected chi connectivity index (χ1v) is 12.2. The summed E-state index contributed by atoms with van der Waals surface area (Å²) < 4.78 is 27.7. The third kappa shape index (κ3) is 5.10. The second-order valence-corrected chi connectivity index (χ2v) is 10.1. The Morgan fingerprint density at radius 1 is 1.00 bits per heavy atom. The Morgan fingerprint density at radius 3 is 2.33 bits per heavy atom. The molecule has 0 aromatic heterocycles. The molecule has 6 heteroatoms. The highest BCUT2D eigenvalue weighted by molar-refractivity contribution is 7.89. The van der Waals surface area contributed by atoms with E-state index in [2.05, 4.69) is 31.3 Å². The van der Waals surface area contributed by atoms with E-state index in [1.54, 1.807) is 22.5 Å². The van der Waals surface area contributed by atoms with Crippen LogP contribution in [0, 0.1) is 13.8 Å². The summed E-state index contributed by atoms with van der Waals surface area (Å²) in [7, 11) is -3.58.